The molecule has 2 saturated heterocycles. The molecular weight excluding hydrogens is 497 g/mol. The van der Waals surface area contributed by atoms with Gasteiger partial charge in [0, 0.05) is 37.1 Å². The number of ether oxygens (including phenoxy) is 6. The maximum absolute atomic E-state index is 15.0. The fourth-order valence-corrected chi connectivity index (χ4v) is 5.13. The van der Waals surface area contributed by atoms with Crippen molar-refractivity contribution < 1.29 is 37.9 Å². The van der Waals surface area contributed by atoms with Crippen molar-refractivity contribution in [2.24, 2.45) is 0 Å². The maximum Gasteiger partial charge on any atom is 0.296 e. The third-order valence-corrected chi connectivity index (χ3v) is 6.96. The van der Waals surface area contributed by atoms with Gasteiger partial charge in [-0.2, -0.15) is 4.98 Å². The summed E-state index contributed by atoms with van der Waals surface area (Å²) in [6, 6.07) is 5.03. The Kier molecular flexibility index (Phi) is 6.34. The van der Waals surface area contributed by atoms with Gasteiger partial charge in [0.1, 0.15) is 42.2 Å². The van der Waals surface area contributed by atoms with Gasteiger partial charge in [-0.15, -0.1) is 0 Å². The van der Waals surface area contributed by atoms with E-state index >= 15 is 0 Å². The molecule has 0 amide bonds. The Morgan fingerprint density at radius 2 is 2.00 bits per heavy atom. The van der Waals surface area contributed by atoms with Gasteiger partial charge in [0.05, 0.1) is 42.7 Å². The molecule has 2 aromatic heterocycles. The SMILES string of the molecule is COCCOc1cc(F)c2c(c1)OCC2Cc1nc2nc(O[C@@H]3CO[C@H]4[C@@H]3OC[C@H]4O)[nH]c2cc1Cl. The number of imidazole rings is 1. The number of nitrogens with zero attached hydrogens (tertiary/aromatic N) is 2. The molecule has 12 heteroatoms. The van der Waals surface area contributed by atoms with Crippen molar-refractivity contribution in [3.63, 3.8) is 0 Å². The molecule has 0 radical (unpaired) electrons. The van der Waals surface area contributed by atoms with E-state index in [1.165, 1.54) is 6.07 Å². The van der Waals surface area contributed by atoms with Crippen LogP contribution in [0.25, 0.3) is 11.2 Å². The molecule has 0 spiro atoms. The van der Waals surface area contributed by atoms with Crippen molar-refractivity contribution in [1.82, 2.24) is 15.0 Å². The number of hydrogen-bond acceptors (Lipinski definition) is 9. The lowest BCUT2D eigenvalue weighted by Crippen LogP contribution is -2.34. The Bertz CT molecular complexity index is 1270. The lowest BCUT2D eigenvalue weighted by atomic mass is 9.95. The number of benzene rings is 1. The van der Waals surface area contributed by atoms with Crippen LogP contribution < -0.4 is 14.2 Å². The normalized spacial score (nSPS) is 26.7. The second-order valence-electron chi connectivity index (χ2n) is 9.02. The van der Waals surface area contributed by atoms with E-state index in [0.29, 0.717) is 65.2 Å². The van der Waals surface area contributed by atoms with E-state index in [0.717, 1.165) is 0 Å². The van der Waals surface area contributed by atoms with Gasteiger partial charge in [0.2, 0.25) is 0 Å². The van der Waals surface area contributed by atoms with Crippen LogP contribution in [0.1, 0.15) is 17.2 Å². The summed E-state index contributed by atoms with van der Waals surface area (Å²) in [7, 11) is 1.57. The molecule has 5 atom stereocenters. The summed E-state index contributed by atoms with van der Waals surface area (Å²) in [5, 5.41) is 10.3. The Morgan fingerprint density at radius 3 is 2.86 bits per heavy atom. The van der Waals surface area contributed by atoms with Crippen LogP contribution in [0.5, 0.6) is 17.5 Å². The lowest BCUT2D eigenvalue weighted by Gasteiger charge is -2.15. The number of aliphatic hydroxyl groups is 1. The first-order chi connectivity index (χ1) is 17.5. The Balaban J connectivity index is 1.18. The zero-order valence-electron chi connectivity index (χ0n) is 19.4. The largest absolute Gasteiger partial charge is 0.492 e. The van der Waals surface area contributed by atoms with Crippen LogP contribution in [0.2, 0.25) is 5.02 Å². The molecule has 192 valence electrons. The highest BCUT2D eigenvalue weighted by atomic mass is 35.5. The van der Waals surface area contributed by atoms with Crippen molar-refractivity contribution in [2.45, 2.75) is 36.8 Å². The molecule has 10 nitrogen and oxygen atoms in total. The topological polar surface area (TPSA) is 117 Å². The predicted molar refractivity (Wildman–Crippen MR) is 125 cm³/mol. The highest BCUT2D eigenvalue weighted by Gasteiger charge is 2.48. The minimum absolute atomic E-state index is 0.215. The van der Waals surface area contributed by atoms with Crippen LogP contribution in [0.4, 0.5) is 4.39 Å². The molecule has 6 rings (SSSR count). The highest BCUT2D eigenvalue weighted by molar-refractivity contribution is 6.31. The number of H-pyrrole nitrogens is 1. The lowest BCUT2D eigenvalue weighted by molar-refractivity contribution is 0.00706. The number of halogens is 2. The fraction of sp³-hybridized carbons (Fsp3) is 0.500. The number of fused-ring (bicyclic) bond motifs is 3. The standard InChI is InChI=1S/C24H25ClFN3O7/c1-31-2-3-32-12-5-14(26)20-11(8-33-18(20)6-12)4-15-13(25)7-16-23(27-15)29-24(28-16)36-19-10-35-21-17(30)9-34-22(19)21/h5-7,11,17,19,21-22,30H,2-4,8-10H2,1H3,(H,27,28,29)/t11?,17-,19-,21-,22-/m1/s1. The monoisotopic (exact) mass is 521 g/mol. The first kappa shape index (κ1) is 23.7. The molecule has 1 aromatic carbocycles. The zero-order valence-corrected chi connectivity index (χ0v) is 20.2. The number of aliphatic hydroxyl groups excluding tert-OH is 1. The number of rotatable bonds is 8. The zero-order chi connectivity index (χ0) is 24.8. The summed E-state index contributed by atoms with van der Waals surface area (Å²) >= 11 is 6.53. The number of methoxy groups -OCH3 is 1. The highest BCUT2D eigenvalue weighted by Crippen LogP contribution is 2.41. The number of pyridine rings is 1. The second kappa shape index (κ2) is 9.64. The third-order valence-electron chi connectivity index (χ3n) is 6.63. The van der Waals surface area contributed by atoms with Gasteiger partial charge < -0.3 is 38.5 Å². The first-order valence-electron chi connectivity index (χ1n) is 11.7. The van der Waals surface area contributed by atoms with Crippen molar-refractivity contribution in [3.8, 4) is 17.5 Å². The van der Waals surface area contributed by atoms with E-state index in [-0.39, 0.29) is 31.2 Å². The second-order valence-corrected chi connectivity index (χ2v) is 9.43. The quantitative estimate of drug-likeness (QED) is 0.431. The Hall–Kier alpha value is -2.70. The van der Waals surface area contributed by atoms with Crippen LogP contribution >= 0.6 is 11.6 Å². The molecule has 2 N–H and O–H groups in total. The van der Waals surface area contributed by atoms with Crippen LogP contribution in [-0.4, -0.2) is 84.6 Å². The minimum atomic E-state index is -0.661. The molecule has 3 aliphatic heterocycles. The summed E-state index contributed by atoms with van der Waals surface area (Å²) in [6.45, 7) is 1.52. The molecule has 36 heavy (non-hydrogen) atoms. The molecule has 0 saturated carbocycles. The van der Waals surface area contributed by atoms with Crippen molar-refractivity contribution in [2.75, 3.05) is 40.1 Å². The molecular formula is C24H25ClFN3O7. The fourth-order valence-electron chi connectivity index (χ4n) is 4.90. The average Bonchev–Trinajstić information content (AvgIpc) is 3.61. The van der Waals surface area contributed by atoms with Crippen LogP contribution in [-0.2, 0) is 20.6 Å². The third kappa shape index (κ3) is 4.35. The average molecular weight is 522 g/mol. The van der Waals surface area contributed by atoms with E-state index in [2.05, 4.69) is 15.0 Å². The van der Waals surface area contributed by atoms with Crippen LogP contribution in [0, 0.1) is 5.82 Å². The van der Waals surface area contributed by atoms with Gasteiger partial charge >= 0.3 is 0 Å². The molecule has 0 bridgehead atoms. The van der Waals surface area contributed by atoms with Crippen molar-refractivity contribution in [3.05, 3.63) is 40.3 Å². The molecule has 0 aliphatic carbocycles. The number of hydrogen-bond donors (Lipinski definition) is 2. The summed E-state index contributed by atoms with van der Waals surface area (Å²) in [4.78, 5) is 12.1. The van der Waals surface area contributed by atoms with E-state index in [4.69, 9.17) is 40.0 Å². The van der Waals surface area contributed by atoms with Gasteiger partial charge in [-0.25, -0.2) is 9.37 Å². The van der Waals surface area contributed by atoms with Crippen molar-refractivity contribution >= 4 is 22.8 Å². The maximum atomic E-state index is 15.0. The predicted octanol–water partition coefficient (Wildman–Crippen LogP) is 2.40. The van der Waals surface area contributed by atoms with Crippen LogP contribution in [0.3, 0.4) is 0 Å². The smallest absolute Gasteiger partial charge is 0.296 e. The van der Waals surface area contributed by atoms with E-state index in [1.807, 2.05) is 0 Å². The Morgan fingerprint density at radius 1 is 1.14 bits per heavy atom. The van der Waals surface area contributed by atoms with Crippen molar-refractivity contribution in [1.29, 1.82) is 0 Å². The minimum Gasteiger partial charge on any atom is -0.492 e. The van der Waals surface area contributed by atoms with Gasteiger partial charge in [0.15, 0.2) is 11.8 Å². The van der Waals surface area contributed by atoms with E-state index in [1.54, 1.807) is 19.2 Å². The first-order valence-corrected chi connectivity index (χ1v) is 12.1. The summed E-state index contributed by atoms with van der Waals surface area (Å²) < 4.78 is 48.3. The Labute approximate surface area is 210 Å². The van der Waals surface area contributed by atoms with Gasteiger partial charge in [-0.1, -0.05) is 11.6 Å². The van der Waals surface area contributed by atoms with E-state index < -0.39 is 24.1 Å². The molecule has 1 unspecified atom stereocenters. The number of nitrogens with one attached hydrogen (secondary N) is 1. The molecule has 3 aromatic rings. The summed E-state index contributed by atoms with van der Waals surface area (Å²) in [5.41, 5.74) is 2.09. The molecule has 3 aliphatic rings. The van der Waals surface area contributed by atoms with Gasteiger partial charge in [-0.3, -0.25) is 0 Å². The van der Waals surface area contributed by atoms with Gasteiger partial charge in [0.25, 0.3) is 6.01 Å². The van der Waals surface area contributed by atoms with E-state index in [9.17, 15) is 9.50 Å². The number of aromatic amines is 1. The molecule has 2 fully saturated rings. The summed E-state index contributed by atoms with van der Waals surface area (Å²) in [5.74, 6) is 0.188. The van der Waals surface area contributed by atoms with Crippen LogP contribution in [0.15, 0.2) is 18.2 Å². The summed E-state index contributed by atoms with van der Waals surface area (Å²) in [6.07, 6.45) is -1.45. The molecule has 5 heterocycles. The number of aromatic nitrogens is 3. The van der Waals surface area contributed by atoms with Gasteiger partial charge in [-0.05, 0) is 6.07 Å².